The maximum atomic E-state index is 14.0. The Balaban J connectivity index is 1.41. The van der Waals surface area contributed by atoms with E-state index in [4.69, 9.17) is 0 Å². The molecule has 220 valence electrons. The number of amides is 4. The molecule has 2 atom stereocenters. The second kappa shape index (κ2) is 13.2. The number of urea groups is 1. The number of nitrogens with one attached hydrogen (secondary N) is 1. The summed E-state index contributed by atoms with van der Waals surface area (Å²) in [6.07, 6.45) is 0.141. The van der Waals surface area contributed by atoms with Gasteiger partial charge in [-0.3, -0.25) is 9.59 Å². The Bertz CT molecular complexity index is 1310. The summed E-state index contributed by atoms with van der Waals surface area (Å²) in [7, 11) is 0. The van der Waals surface area contributed by atoms with Gasteiger partial charge in [-0.1, -0.05) is 112 Å². The van der Waals surface area contributed by atoms with Crippen LogP contribution < -0.4 is 5.32 Å². The molecule has 0 bridgehead atoms. The van der Waals surface area contributed by atoms with Crippen molar-refractivity contribution in [3.8, 4) is 0 Å². The van der Waals surface area contributed by atoms with Crippen LogP contribution in [-0.4, -0.2) is 76.0 Å². The van der Waals surface area contributed by atoms with Crippen LogP contribution in [0.5, 0.6) is 0 Å². The van der Waals surface area contributed by atoms with Gasteiger partial charge in [0.2, 0.25) is 11.8 Å². The number of carbonyl (C=O) groups is 3. The monoisotopic (exact) mass is 567 g/mol. The van der Waals surface area contributed by atoms with Gasteiger partial charge in [-0.25, -0.2) is 14.8 Å². The summed E-state index contributed by atoms with van der Waals surface area (Å²) in [6, 6.07) is 29.6. The quantitative estimate of drug-likeness (QED) is 0.407. The van der Waals surface area contributed by atoms with Crippen molar-refractivity contribution in [1.82, 2.24) is 25.1 Å². The Hall–Kier alpha value is -4.17. The smallest absolute Gasteiger partial charge is 0.334 e. The van der Waals surface area contributed by atoms with Gasteiger partial charge < -0.3 is 15.1 Å². The number of hydrazine groups is 1. The van der Waals surface area contributed by atoms with Crippen LogP contribution >= 0.6 is 0 Å². The van der Waals surface area contributed by atoms with Gasteiger partial charge in [0, 0.05) is 25.6 Å². The number of fused-ring (bicyclic) bond motifs is 1. The average Bonchev–Trinajstić information content (AvgIpc) is 3.01. The van der Waals surface area contributed by atoms with E-state index in [-0.39, 0.29) is 42.8 Å². The summed E-state index contributed by atoms with van der Waals surface area (Å²) in [5, 5.41) is 6.52. The van der Waals surface area contributed by atoms with Gasteiger partial charge >= 0.3 is 6.03 Å². The molecule has 0 aromatic heterocycles. The molecule has 0 saturated carbocycles. The van der Waals surface area contributed by atoms with Crippen LogP contribution in [0.25, 0.3) is 0 Å². The standard InChI is InChI=1S/C34H41N5O3/c1-4-37-24-31(40)38-30(39(37)34(42)35-22-26-14-8-5-9-15-26)23-36(33(41)32(38)25(2)3)21-20-29(27-16-10-6-11-17-27)28-18-12-7-13-19-28/h5-19,25,29-30,32H,4,20-24H2,1-3H3,(H,35,42)/t30-,32-/m0/s1. The number of nitrogens with zero attached hydrogens (tertiary/aromatic N) is 4. The molecule has 5 rings (SSSR count). The molecule has 0 aliphatic carbocycles. The van der Waals surface area contributed by atoms with E-state index in [0.717, 1.165) is 12.0 Å². The van der Waals surface area contributed by atoms with E-state index in [1.807, 2.05) is 92.4 Å². The van der Waals surface area contributed by atoms with Crippen molar-refractivity contribution in [3.05, 3.63) is 108 Å². The summed E-state index contributed by atoms with van der Waals surface area (Å²) in [6.45, 7) is 7.60. The first-order valence-corrected chi connectivity index (χ1v) is 14.9. The van der Waals surface area contributed by atoms with E-state index in [9.17, 15) is 14.4 Å². The first-order valence-electron chi connectivity index (χ1n) is 14.9. The largest absolute Gasteiger partial charge is 0.337 e. The number of carbonyl (C=O) groups excluding carboxylic acids is 3. The Labute approximate surface area is 248 Å². The fourth-order valence-electron chi connectivity index (χ4n) is 6.26. The number of rotatable bonds is 9. The molecular weight excluding hydrogens is 526 g/mol. The second-order valence-corrected chi connectivity index (χ2v) is 11.4. The molecule has 0 unspecified atom stereocenters. The van der Waals surface area contributed by atoms with Crippen LogP contribution in [-0.2, 0) is 16.1 Å². The number of piperazine rings is 1. The zero-order chi connectivity index (χ0) is 29.6. The molecule has 2 aliphatic heterocycles. The molecule has 2 aliphatic rings. The normalized spacial score (nSPS) is 19.4. The van der Waals surface area contributed by atoms with Gasteiger partial charge in [-0.05, 0) is 29.0 Å². The molecule has 1 N–H and O–H groups in total. The maximum Gasteiger partial charge on any atom is 0.334 e. The van der Waals surface area contributed by atoms with Gasteiger partial charge in [0.05, 0.1) is 13.1 Å². The number of hydrogen-bond donors (Lipinski definition) is 1. The van der Waals surface area contributed by atoms with Gasteiger partial charge in [0.1, 0.15) is 12.2 Å². The van der Waals surface area contributed by atoms with Gasteiger partial charge in [0.15, 0.2) is 0 Å². The summed E-state index contributed by atoms with van der Waals surface area (Å²) < 4.78 is 0. The molecule has 8 nitrogen and oxygen atoms in total. The zero-order valence-corrected chi connectivity index (χ0v) is 24.7. The lowest BCUT2D eigenvalue weighted by Gasteiger charge is -2.56. The van der Waals surface area contributed by atoms with Crippen LogP contribution in [0.3, 0.4) is 0 Å². The van der Waals surface area contributed by atoms with Gasteiger partial charge in [0.25, 0.3) is 0 Å². The number of hydrogen-bond acceptors (Lipinski definition) is 4. The Morgan fingerprint density at radius 3 is 2.00 bits per heavy atom. The van der Waals surface area contributed by atoms with Crippen molar-refractivity contribution in [2.75, 3.05) is 26.2 Å². The Morgan fingerprint density at radius 1 is 0.881 bits per heavy atom. The molecule has 0 radical (unpaired) electrons. The van der Waals surface area contributed by atoms with Crippen molar-refractivity contribution in [1.29, 1.82) is 0 Å². The second-order valence-electron chi connectivity index (χ2n) is 11.4. The van der Waals surface area contributed by atoms with Crippen LogP contribution in [0.2, 0.25) is 0 Å². The molecule has 8 heteroatoms. The molecule has 2 fully saturated rings. The summed E-state index contributed by atoms with van der Waals surface area (Å²) in [5.74, 6) is -0.162. The van der Waals surface area contributed by atoms with E-state index in [2.05, 4.69) is 29.6 Å². The highest BCUT2D eigenvalue weighted by molar-refractivity contribution is 5.91. The minimum Gasteiger partial charge on any atom is -0.337 e. The molecule has 2 saturated heterocycles. The summed E-state index contributed by atoms with van der Waals surface area (Å²) in [5.41, 5.74) is 3.39. The Kier molecular flexibility index (Phi) is 9.22. The zero-order valence-electron chi connectivity index (χ0n) is 24.7. The molecule has 0 spiro atoms. The van der Waals surface area contributed by atoms with Crippen molar-refractivity contribution in [3.63, 3.8) is 0 Å². The molecular formula is C34H41N5O3. The molecule has 4 amide bonds. The van der Waals surface area contributed by atoms with Crippen molar-refractivity contribution in [2.24, 2.45) is 5.92 Å². The predicted octanol–water partition coefficient (Wildman–Crippen LogP) is 4.69. The van der Waals surface area contributed by atoms with E-state index in [1.54, 1.807) is 14.9 Å². The minimum absolute atomic E-state index is 0.0518. The molecule has 3 aromatic carbocycles. The van der Waals surface area contributed by atoms with Crippen LogP contribution in [0.15, 0.2) is 91.0 Å². The molecule has 42 heavy (non-hydrogen) atoms. The number of benzene rings is 3. The molecule has 2 heterocycles. The SMILES string of the molecule is CCN1CC(=O)N2[C@@H](C(C)C)C(=O)N(CCC(c3ccccc3)c3ccccc3)C[C@@H]2N1C(=O)NCc1ccccc1. The minimum atomic E-state index is -0.633. The van der Waals surface area contributed by atoms with Crippen LogP contribution in [0.1, 0.15) is 49.8 Å². The topological polar surface area (TPSA) is 76.2 Å². The Morgan fingerprint density at radius 2 is 1.45 bits per heavy atom. The first kappa shape index (κ1) is 29.3. The lowest BCUT2D eigenvalue weighted by molar-refractivity contribution is -0.192. The van der Waals surface area contributed by atoms with Crippen molar-refractivity contribution >= 4 is 17.8 Å². The predicted molar refractivity (Wildman–Crippen MR) is 163 cm³/mol. The summed E-state index contributed by atoms with van der Waals surface area (Å²) in [4.78, 5) is 44.8. The van der Waals surface area contributed by atoms with Crippen molar-refractivity contribution in [2.45, 2.75) is 51.9 Å². The fraction of sp³-hybridized carbons (Fsp3) is 0.382. The lowest BCUT2D eigenvalue weighted by atomic mass is 9.88. The third-order valence-electron chi connectivity index (χ3n) is 8.34. The fourth-order valence-corrected chi connectivity index (χ4v) is 6.26. The third-order valence-corrected chi connectivity index (χ3v) is 8.34. The average molecular weight is 568 g/mol. The maximum absolute atomic E-state index is 14.0. The molecule has 3 aromatic rings. The third kappa shape index (κ3) is 6.19. The lowest BCUT2D eigenvalue weighted by Crippen LogP contribution is -2.77. The van der Waals surface area contributed by atoms with E-state index < -0.39 is 12.2 Å². The van der Waals surface area contributed by atoms with E-state index in [0.29, 0.717) is 19.6 Å². The highest BCUT2D eigenvalue weighted by Crippen LogP contribution is 2.32. The summed E-state index contributed by atoms with van der Waals surface area (Å²) >= 11 is 0. The highest BCUT2D eigenvalue weighted by atomic mass is 16.2. The number of likely N-dealkylation sites (N-methyl/N-ethyl adjacent to an activating group) is 1. The highest BCUT2D eigenvalue weighted by Gasteiger charge is 2.51. The van der Waals surface area contributed by atoms with Gasteiger partial charge in [-0.15, -0.1) is 0 Å². The van der Waals surface area contributed by atoms with Crippen LogP contribution in [0, 0.1) is 5.92 Å². The van der Waals surface area contributed by atoms with E-state index >= 15 is 0 Å². The van der Waals surface area contributed by atoms with E-state index in [1.165, 1.54) is 11.1 Å². The van der Waals surface area contributed by atoms with Gasteiger partial charge in [-0.2, -0.15) is 0 Å². The van der Waals surface area contributed by atoms with Crippen molar-refractivity contribution < 1.29 is 14.4 Å². The first-order chi connectivity index (χ1) is 20.4. The van der Waals surface area contributed by atoms with Crippen LogP contribution in [0.4, 0.5) is 4.79 Å².